The number of amides is 1. The van der Waals surface area contributed by atoms with Gasteiger partial charge in [-0.2, -0.15) is 0 Å². The van der Waals surface area contributed by atoms with Crippen LogP contribution in [0.2, 0.25) is 0 Å². The molecule has 3 rings (SSSR count). The van der Waals surface area contributed by atoms with Gasteiger partial charge < -0.3 is 49.1 Å². The Bertz CT molecular complexity index is 1810. The zero-order chi connectivity index (χ0) is 52.7. The first-order chi connectivity index (χ1) is 35.5. The minimum atomic E-state index is -1.80. The zero-order valence-electron chi connectivity index (χ0n) is 44.0. The molecule has 73 heavy (non-hydrogen) atoms. The molecule has 0 saturated carbocycles. The Labute approximate surface area is 435 Å². The number of carboxylic acids is 2. The minimum absolute atomic E-state index is 0.128. The van der Waals surface area contributed by atoms with Gasteiger partial charge in [0.1, 0.15) is 37.6 Å². The van der Waals surface area contributed by atoms with E-state index in [9.17, 15) is 39.3 Å². The average Bonchev–Trinajstić information content (AvgIpc) is 3.38. The highest BCUT2D eigenvalue weighted by Gasteiger charge is 2.50. The number of carbonyl (C=O) groups excluding carboxylic acids is 3. The lowest BCUT2D eigenvalue weighted by molar-refractivity contribution is -0.309. The second-order valence-electron chi connectivity index (χ2n) is 19.3. The van der Waals surface area contributed by atoms with Crippen molar-refractivity contribution in [3.8, 4) is 0 Å². The van der Waals surface area contributed by atoms with Gasteiger partial charge in [0.15, 0.2) is 12.4 Å². The summed E-state index contributed by atoms with van der Waals surface area (Å²) in [7, 11) is 0. The molecule has 1 heterocycles. The van der Waals surface area contributed by atoms with Gasteiger partial charge >= 0.3 is 23.9 Å². The second kappa shape index (κ2) is 39.7. The SMILES string of the molecule is CCCCCCCCCCCCC/C=C/[C@@H](OC(=O)c1ccccc1)[C@H](CO[C@H]1O[C@H](COCC(=O)O)[C@H](OCC(=O)O)[C@H](OC(=O)c2ccccc2)[C@H]1O)NC(=O)CCCCCCCCCCCCCCC. The highest BCUT2D eigenvalue weighted by molar-refractivity contribution is 5.90. The monoisotopic (exact) mass is 1020 g/mol. The van der Waals surface area contributed by atoms with Gasteiger partial charge in [-0.15, -0.1) is 0 Å². The summed E-state index contributed by atoms with van der Waals surface area (Å²) in [5.74, 6) is -4.44. The number of carboxylic acid groups (broad SMARTS) is 2. The van der Waals surface area contributed by atoms with E-state index in [0.29, 0.717) is 18.4 Å². The van der Waals surface area contributed by atoms with Crippen LogP contribution in [0.3, 0.4) is 0 Å². The summed E-state index contributed by atoms with van der Waals surface area (Å²) in [6.45, 7) is 1.96. The third-order valence-corrected chi connectivity index (χ3v) is 13.0. The fourth-order valence-electron chi connectivity index (χ4n) is 8.88. The van der Waals surface area contributed by atoms with Crippen LogP contribution in [0.5, 0.6) is 0 Å². The summed E-state index contributed by atoms with van der Waals surface area (Å²) < 4.78 is 35.3. The minimum Gasteiger partial charge on any atom is -0.480 e. The average molecular weight is 1020 g/mol. The summed E-state index contributed by atoms with van der Waals surface area (Å²) in [6.07, 6.45) is 24.0. The number of hydrogen-bond acceptors (Lipinski definition) is 12. The van der Waals surface area contributed by atoms with Crippen molar-refractivity contribution < 1.29 is 67.7 Å². The van der Waals surface area contributed by atoms with E-state index in [4.69, 9.17) is 28.4 Å². The highest BCUT2D eigenvalue weighted by Crippen LogP contribution is 2.29. The number of aliphatic hydroxyl groups excluding tert-OH is 1. The van der Waals surface area contributed by atoms with E-state index in [1.54, 1.807) is 54.6 Å². The fraction of sp³-hybridized carbons (Fsp3) is 0.672. The Kier molecular flexibility index (Phi) is 34.1. The van der Waals surface area contributed by atoms with Crippen LogP contribution in [0.25, 0.3) is 0 Å². The predicted octanol–water partition coefficient (Wildman–Crippen LogP) is 11.3. The van der Waals surface area contributed by atoms with Gasteiger partial charge in [0, 0.05) is 6.42 Å². The Morgan fingerprint density at radius 1 is 0.603 bits per heavy atom. The van der Waals surface area contributed by atoms with Crippen molar-refractivity contribution in [2.45, 2.75) is 224 Å². The van der Waals surface area contributed by atoms with Crippen molar-refractivity contribution in [1.29, 1.82) is 0 Å². The lowest BCUT2D eigenvalue weighted by atomic mass is 9.98. The maximum atomic E-state index is 13.8. The van der Waals surface area contributed by atoms with Crippen LogP contribution >= 0.6 is 0 Å². The first-order valence-corrected chi connectivity index (χ1v) is 27.6. The van der Waals surface area contributed by atoms with Gasteiger partial charge in [-0.25, -0.2) is 19.2 Å². The molecule has 7 atom stereocenters. The fourth-order valence-corrected chi connectivity index (χ4v) is 8.88. The molecule has 2 aromatic rings. The Balaban J connectivity index is 1.82. The van der Waals surface area contributed by atoms with E-state index < -0.39 is 86.5 Å². The predicted molar refractivity (Wildman–Crippen MR) is 280 cm³/mol. The summed E-state index contributed by atoms with van der Waals surface area (Å²) in [6, 6.07) is 15.4. The number of benzene rings is 2. The number of aliphatic carboxylic acids is 2. The first-order valence-electron chi connectivity index (χ1n) is 27.6. The third kappa shape index (κ3) is 28.0. The lowest BCUT2D eigenvalue weighted by Crippen LogP contribution is -2.62. The molecule has 4 N–H and O–H groups in total. The van der Waals surface area contributed by atoms with E-state index in [1.807, 2.05) is 6.08 Å². The molecule has 1 aliphatic rings. The summed E-state index contributed by atoms with van der Waals surface area (Å²) in [5.41, 5.74) is 0.429. The largest absolute Gasteiger partial charge is 0.480 e. The molecule has 0 unspecified atom stereocenters. The van der Waals surface area contributed by atoms with Crippen LogP contribution in [0.15, 0.2) is 72.8 Å². The molecule has 15 nitrogen and oxygen atoms in total. The van der Waals surface area contributed by atoms with Crippen molar-refractivity contribution >= 4 is 29.8 Å². The van der Waals surface area contributed by atoms with Crippen molar-refractivity contribution in [2.75, 3.05) is 26.4 Å². The number of ether oxygens (including phenoxy) is 6. The van der Waals surface area contributed by atoms with E-state index in [0.717, 1.165) is 38.5 Å². The molecular formula is C58H89NO14. The second-order valence-corrected chi connectivity index (χ2v) is 19.3. The summed E-state index contributed by atoms with van der Waals surface area (Å²) in [5, 5.41) is 33.8. The molecule has 0 radical (unpaired) electrons. The molecule has 1 fully saturated rings. The van der Waals surface area contributed by atoms with E-state index >= 15 is 0 Å². The topological polar surface area (TPSA) is 213 Å². The number of esters is 2. The normalized spacial score (nSPS) is 18.5. The smallest absolute Gasteiger partial charge is 0.338 e. The molecule has 1 amide bonds. The van der Waals surface area contributed by atoms with Gasteiger partial charge in [-0.1, -0.05) is 198 Å². The maximum absolute atomic E-state index is 13.8. The Morgan fingerprint density at radius 3 is 1.59 bits per heavy atom. The molecule has 410 valence electrons. The molecular weight excluding hydrogens is 935 g/mol. The molecule has 1 aliphatic heterocycles. The Hall–Kier alpha value is -4.67. The molecule has 15 heteroatoms. The first kappa shape index (κ1) is 62.6. The Morgan fingerprint density at radius 2 is 1.08 bits per heavy atom. The number of rotatable bonds is 43. The van der Waals surface area contributed by atoms with Gasteiger partial charge in [0.2, 0.25) is 5.91 Å². The quantitative estimate of drug-likeness (QED) is 0.0276. The van der Waals surface area contributed by atoms with Crippen LogP contribution in [0.1, 0.15) is 202 Å². The number of unbranched alkanes of at least 4 members (excludes halogenated alkanes) is 23. The molecule has 0 aliphatic carbocycles. The molecule has 0 bridgehead atoms. The van der Waals surface area contributed by atoms with Crippen molar-refractivity contribution in [3.63, 3.8) is 0 Å². The van der Waals surface area contributed by atoms with Crippen LogP contribution in [0.4, 0.5) is 0 Å². The summed E-state index contributed by atoms with van der Waals surface area (Å²) in [4.78, 5) is 64.1. The maximum Gasteiger partial charge on any atom is 0.338 e. The lowest BCUT2D eigenvalue weighted by Gasteiger charge is -2.43. The van der Waals surface area contributed by atoms with Crippen molar-refractivity contribution in [2.24, 2.45) is 0 Å². The van der Waals surface area contributed by atoms with Crippen LogP contribution in [-0.4, -0.2) is 114 Å². The molecule has 1 saturated heterocycles. The number of aliphatic hydroxyl groups is 1. The van der Waals surface area contributed by atoms with Crippen molar-refractivity contribution in [1.82, 2.24) is 5.32 Å². The van der Waals surface area contributed by atoms with Gasteiger partial charge in [0.05, 0.1) is 30.4 Å². The van der Waals surface area contributed by atoms with E-state index in [1.165, 1.54) is 121 Å². The van der Waals surface area contributed by atoms with Gasteiger partial charge in [0.25, 0.3) is 0 Å². The molecule has 2 aromatic carbocycles. The van der Waals surface area contributed by atoms with Crippen LogP contribution < -0.4 is 5.32 Å². The third-order valence-electron chi connectivity index (χ3n) is 13.0. The van der Waals surface area contributed by atoms with Gasteiger partial charge in [-0.05, 0) is 49.6 Å². The van der Waals surface area contributed by atoms with Crippen LogP contribution in [0, 0.1) is 0 Å². The number of carbonyl (C=O) groups is 5. The van der Waals surface area contributed by atoms with Gasteiger partial charge in [-0.3, -0.25) is 4.79 Å². The summed E-state index contributed by atoms with van der Waals surface area (Å²) >= 11 is 0. The van der Waals surface area contributed by atoms with E-state index in [-0.39, 0.29) is 24.5 Å². The van der Waals surface area contributed by atoms with E-state index in [2.05, 4.69) is 19.2 Å². The number of allylic oxidation sites excluding steroid dienone is 1. The standard InChI is InChI=1S/C58H89NO14/c1-3-5-7-9-11-13-15-17-19-21-23-25-33-39-48(71-56(66)45-35-29-27-30-36-45)47(59-50(60)40-34-26-24-22-20-18-16-14-12-10-8-6-4-2)41-70-58-53(65)55(73-57(67)46-37-31-28-32-38-46)54(69-44-52(63)64)49(72-58)42-68-43-51(61)62/h27-33,35-39,47-49,53-55,58,65H,3-26,34,40-44H2,1-2H3,(H,59,60)(H,61,62)(H,63,64)/b39-33+/t47-,48+,49+,53+,54-,55+,58-/m0/s1. The molecule has 0 aromatic heterocycles. The van der Waals surface area contributed by atoms with Crippen molar-refractivity contribution in [3.05, 3.63) is 83.9 Å². The number of nitrogens with one attached hydrogen (secondary N) is 1. The number of hydrogen-bond donors (Lipinski definition) is 4. The van der Waals surface area contributed by atoms with Crippen LogP contribution in [-0.2, 0) is 42.8 Å². The zero-order valence-corrected chi connectivity index (χ0v) is 44.0. The molecule has 0 spiro atoms. The highest BCUT2D eigenvalue weighted by atomic mass is 16.7.